The summed E-state index contributed by atoms with van der Waals surface area (Å²) < 4.78 is 5.05. The zero-order valence-corrected chi connectivity index (χ0v) is 13.1. The van der Waals surface area contributed by atoms with Crippen LogP contribution in [0.4, 0.5) is 0 Å². The van der Waals surface area contributed by atoms with Crippen LogP contribution in [0.3, 0.4) is 0 Å². The SMILES string of the molecule is CSc1ccccc1C(=O)OCC(=O)N[C@@H](C)C(C)C. The summed E-state index contributed by atoms with van der Waals surface area (Å²) in [5.74, 6) is -0.407. The van der Waals surface area contributed by atoms with Crippen LogP contribution in [0, 0.1) is 5.92 Å². The van der Waals surface area contributed by atoms with Crippen LogP contribution >= 0.6 is 11.8 Å². The first-order chi connectivity index (χ1) is 9.45. The summed E-state index contributed by atoms with van der Waals surface area (Å²) in [5, 5.41) is 2.79. The average molecular weight is 295 g/mol. The van der Waals surface area contributed by atoms with Gasteiger partial charge in [0.05, 0.1) is 5.56 Å². The Morgan fingerprint density at radius 3 is 2.50 bits per heavy atom. The van der Waals surface area contributed by atoms with Gasteiger partial charge < -0.3 is 10.1 Å². The predicted octanol–water partition coefficient (Wildman–Crippen LogP) is 2.73. The molecule has 0 aromatic heterocycles. The molecular weight excluding hydrogens is 274 g/mol. The fraction of sp³-hybridized carbons (Fsp3) is 0.467. The number of benzene rings is 1. The third-order valence-electron chi connectivity index (χ3n) is 3.05. The van der Waals surface area contributed by atoms with E-state index in [2.05, 4.69) is 5.32 Å². The van der Waals surface area contributed by atoms with Crippen molar-refractivity contribution in [1.29, 1.82) is 0 Å². The first-order valence-electron chi connectivity index (χ1n) is 6.55. The summed E-state index contributed by atoms with van der Waals surface area (Å²) >= 11 is 1.47. The largest absolute Gasteiger partial charge is 0.452 e. The van der Waals surface area contributed by atoms with Gasteiger partial charge in [0.1, 0.15) is 0 Å². The minimum Gasteiger partial charge on any atom is -0.452 e. The molecule has 0 aliphatic heterocycles. The van der Waals surface area contributed by atoms with Crippen molar-refractivity contribution >= 4 is 23.6 Å². The zero-order valence-electron chi connectivity index (χ0n) is 12.3. The number of hydrogen-bond acceptors (Lipinski definition) is 4. The molecule has 0 heterocycles. The maximum atomic E-state index is 11.9. The molecule has 1 amide bonds. The Kier molecular flexibility index (Phi) is 6.58. The molecule has 110 valence electrons. The highest BCUT2D eigenvalue weighted by molar-refractivity contribution is 7.98. The predicted molar refractivity (Wildman–Crippen MR) is 80.9 cm³/mol. The number of carbonyl (C=O) groups excluding carboxylic acids is 2. The van der Waals surface area contributed by atoms with E-state index in [-0.39, 0.29) is 18.6 Å². The Morgan fingerprint density at radius 1 is 1.25 bits per heavy atom. The van der Waals surface area contributed by atoms with E-state index in [0.29, 0.717) is 11.5 Å². The average Bonchev–Trinajstić information content (AvgIpc) is 2.44. The molecule has 20 heavy (non-hydrogen) atoms. The van der Waals surface area contributed by atoms with Gasteiger partial charge in [-0.1, -0.05) is 26.0 Å². The van der Waals surface area contributed by atoms with Crippen LogP contribution in [0.15, 0.2) is 29.2 Å². The molecule has 0 unspecified atom stereocenters. The lowest BCUT2D eigenvalue weighted by molar-refractivity contribution is -0.125. The smallest absolute Gasteiger partial charge is 0.339 e. The normalized spacial score (nSPS) is 12.1. The molecule has 1 rings (SSSR count). The Morgan fingerprint density at radius 2 is 1.90 bits per heavy atom. The van der Waals surface area contributed by atoms with Crippen molar-refractivity contribution in [3.63, 3.8) is 0 Å². The molecule has 0 aliphatic rings. The van der Waals surface area contributed by atoms with Gasteiger partial charge in [-0.2, -0.15) is 0 Å². The molecule has 0 spiro atoms. The maximum Gasteiger partial charge on any atom is 0.339 e. The van der Waals surface area contributed by atoms with E-state index >= 15 is 0 Å². The summed E-state index contributed by atoms with van der Waals surface area (Å²) in [6, 6.07) is 7.24. The third kappa shape index (κ3) is 4.89. The van der Waals surface area contributed by atoms with Crippen LogP contribution in [0.1, 0.15) is 31.1 Å². The van der Waals surface area contributed by atoms with Gasteiger partial charge in [-0.3, -0.25) is 4.79 Å². The van der Waals surface area contributed by atoms with E-state index in [1.165, 1.54) is 11.8 Å². The van der Waals surface area contributed by atoms with E-state index in [4.69, 9.17) is 4.74 Å². The van der Waals surface area contributed by atoms with Crippen LogP contribution in [-0.2, 0) is 9.53 Å². The molecule has 0 fully saturated rings. The second-order valence-corrected chi connectivity index (χ2v) is 5.72. The molecule has 1 atom stereocenters. The second kappa shape index (κ2) is 7.94. The van der Waals surface area contributed by atoms with Crippen molar-refractivity contribution in [2.75, 3.05) is 12.9 Å². The van der Waals surface area contributed by atoms with E-state index in [1.54, 1.807) is 12.1 Å². The number of amides is 1. The lowest BCUT2D eigenvalue weighted by Crippen LogP contribution is -2.38. The summed E-state index contributed by atoms with van der Waals surface area (Å²) in [4.78, 5) is 24.4. The summed E-state index contributed by atoms with van der Waals surface area (Å²) in [5.41, 5.74) is 0.490. The molecular formula is C15H21NO3S. The monoisotopic (exact) mass is 295 g/mol. The van der Waals surface area contributed by atoms with Crippen LogP contribution in [0.5, 0.6) is 0 Å². The van der Waals surface area contributed by atoms with E-state index in [9.17, 15) is 9.59 Å². The number of thioether (sulfide) groups is 1. The lowest BCUT2D eigenvalue weighted by Gasteiger charge is -2.17. The third-order valence-corrected chi connectivity index (χ3v) is 3.85. The van der Waals surface area contributed by atoms with Crippen LogP contribution < -0.4 is 5.32 Å². The molecule has 0 saturated heterocycles. The van der Waals surface area contributed by atoms with Gasteiger partial charge in [-0.05, 0) is 31.2 Å². The van der Waals surface area contributed by atoms with Gasteiger partial charge in [0.2, 0.25) is 0 Å². The topological polar surface area (TPSA) is 55.4 Å². The molecule has 0 aliphatic carbocycles. The molecule has 1 aromatic rings. The minimum atomic E-state index is -0.470. The highest BCUT2D eigenvalue weighted by Crippen LogP contribution is 2.20. The standard InChI is InChI=1S/C15H21NO3S/c1-10(2)11(3)16-14(17)9-19-15(18)12-7-5-6-8-13(12)20-4/h5-8,10-11H,9H2,1-4H3,(H,16,17)/t11-/m0/s1. The molecule has 0 radical (unpaired) electrons. The van der Waals surface area contributed by atoms with Crippen LogP contribution in [0.2, 0.25) is 0 Å². The Bertz CT molecular complexity index is 474. The van der Waals surface area contributed by atoms with Gasteiger partial charge in [-0.15, -0.1) is 11.8 Å². The highest BCUT2D eigenvalue weighted by Gasteiger charge is 2.15. The summed E-state index contributed by atoms with van der Waals surface area (Å²) in [6.07, 6.45) is 1.89. The Labute approximate surface area is 124 Å². The minimum absolute atomic E-state index is 0.0553. The zero-order chi connectivity index (χ0) is 15.1. The number of rotatable bonds is 6. The van der Waals surface area contributed by atoms with Crippen molar-refractivity contribution in [3.05, 3.63) is 29.8 Å². The molecule has 1 N–H and O–H groups in total. The van der Waals surface area contributed by atoms with E-state index in [1.807, 2.05) is 39.2 Å². The maximum absolute atomic E-state index is 11.9. The molecule has 0 bridgehead atoms. The fourth-order valence-electron chi connectivity index (χ4n) is 1.48. The molecule has 1 aromatic carbocycles. The van der Waals surface area contributed by atoms with Crippen molar-refractivity contribution < 1.29 is 14.3 Å². The summed E-state index contributed by atoms with van der Waals surface area (Å²) in [6.45, 7) is 5.71. The van der Waals surface area contributed by atoms with E-state index < -0.39 is 5.97 Å². The van der Waals surface area contributed by atoms with Gasteiger partial charge in [0.15, 0.2) is 6.61 Å². The van der Waals surface area contributed by atoms with Crippen LogP contribution in [-0.4, -0.2) is 30.8 Å². The number of esters is 1. The number of nitrogens with one attached hydrogen (secondary N) is 1. The number of hydrogen-bond donors (Lipinski definition) is 1. The van der Waals surface area contributed by atoms with Crippen molar-refractivity contribution in [2.45, 2.75) is 31.7 Å². The van der Waals surface area contributed by atoms with Crippen molar-refractivity contribution in [3.8, 4) is 0 Å². The quantitative estimate of drug-likeness (QED) is 0.647. The molecule has 5 heteroatoms. The second-order valence-electron chi connectivity index (χ2n) is 4.88. The van der Waals surface area contributed by atoms with Crippen molar-refractivity contribution in [2.24, 2.45) is 5.92 Å². The van der Waals surface area contributed by atoms with Crippen LogP contribution in [0.25, 0.3) is 0 Å². The number of carbonyl (C=O) groups is 2. The number of ether oxygens (including phenoxy) is 1. The van der Waals surface area contributed by atoms with Gasteiger partial charge in [0, 0.05) is 10.9 Å². The molecule has 0 saturated carbocycles. The lowest BCUT2D eigenvalue weighted by atomic mass is 10.1. The van der Waals surface area contributed by atoms with Gasteiger partial charge in [0.25, 0.3) is 5.91 Å². The van der Waals surface area contributed by atoms with E-state index in [0.717, 1.165) is 4.90 Å². The fourth-order valence-corrected chi connectivity index (χ4v) is 2.07. The van der Waals surface area contributed by atoms with Gasteiger partial charge in [-0.25, -0.2) is 4.79 Å². The first kappa shape index (κ1) is 16.6. The van der Waals surface area contributed by atoms with Gasteiger partial charge >= 0.3 is 5.97 Å². The Hall–Kier alpha value is -1.49. The first-order valence-corrected chi connectivity index (χ1v) is 7.77. The molecule has 4 nitrogen and oxygen atoms in total. The van der Waals surface area contributed by atoms with Crippen molar-refractivity contribution in [1.82, 2.24) is 5.32 Å². The summed E-state index contributed by atoms with van der Waals surface area (Å²) in [7, 11) is 0. The Balaban J connectivity index is 2.53. The highest BCUT2D eigenvalue weighted by atomic mass is 32.2.